The lowest BCUT2D eigenvalue weighted by molar-refractivity contribution is -0.130. The molecule has 2 N–H and O–H groups in total. The van der Waals surface area contributed by atoms with E-state index in [1.807, 2.05) is 62.5 Å². The highest BCUT2D eigenvalue weighted by atomic mass is 16.5. The zero-order chi connectivity index (χ0) is 22.5. The summed E-state index contributed by atoms with van der Waals surface area (Å²) in [5.41, 5.74) is 2.26. The molecular weight excluding hydrogens is 392 g/mol. The molecule has 0 spiro atoms. The molecule has 0 atom stereocenters. The minimum Gasteiger partial charge on any atom is -0.493 e. The van der Waals surface area contributed by atoms with Gasteiger partial charge in [0.15, 0.2) is 17.5 Å². The minimum absolute atomic E-state index is 0.0776. The highest BCUT2D eigenvalue weighted by Crippen LogP contribution is 2.27. The van der Waals surface area contributed by atoms with E-state index in [2.05, 4.69) is 15.6 Å². The number of nitrogens with zero attached hydrogens (tertiary/aromatic N) is 2. The van der Waals surface area contributed by atoms with Crippen molar-refractivity contribution in [2.24, 2.45) is 4.99 Å². The summed E-state index contributed by atoms with van der Waals surface area (Å²) in [6, 6.07) is 15.9. The van der Waals surface area contributed by atoms with Crippen molar-refractivity contribution in [3.8, 4) is 11.5 Å². The van der Waals surface area contributed by atoms with Crippen molar-refractivity contribution < 1.29 is 14.3 Å². The first-order chi connectivity index (χ1) is 15.1. The number of amides is 1. The smallest absolute Gasteiger partial charge is 0.224 e. The van der Waals surface area contributed by atoms with Gasteiger partial charge in [0.05, 0.1) is 20.8 Å². The maximum absolute atomic E-state index is 12.4. The van der Waals surface area contributed by atoms with Gasteiger partial charge in [-0.1, -0.05) is 36.4 Å². The third-order valence-corrected chi connectivity index (χ3v) is 4.78. The third-order valence-electron chi connectivity index (χ3n) is 4.78. The number of ether oxygens (including phenoxy) is 2. The second kappa shape index (κ2) is 13.2. The standard InChI is InChI=1S/C24H34N4O3/c1-5-25-24(26-15-13-19-11-12-21(30-3)22(17-19)31-4)27-16-14-23(29)28(2)18-20-9-7-6-8-10-20/h6-12,17H,5,13-16,18H2,1-4H3,(H2,25,26,27). The fourth-order valence-electron chi connectivity index (χ4n) is 3.10. The number of guanidine groups is 1. The van der Waals surface area contributed by atoms with Crippen LogP contribution in [0.4, 0.5) is 0 Å². The normalized spacial score (nSPS) is 11.0. The van der Waals surface area contributed by atoms with Gasteiger partial charge in [0.2, 0.25) is 5.91 Å². The Kier molecular flexibility index (Phi) is 10.2. The topological polar surface area (TPSA) is 75.2 Å². The van der Waals surface area contributed by atoms with Crippen LogP contribution >= 0.6 is 0 Å². The number of aliphatic imine (C=N–C) groups is 1. The molecule has 0 saturated carbocycles. The summed E-state index contributed by atoms with van der Waals surface area (Å²) in [6.45, 7) is 4.52. The summed E-state index contributed by atoms with van der Waals surface area (Å²) < 4.78 is 10.6. The van der Waals surface area contributed by atoms with Crippen molar-refractivity contribution >= 4 is 11.9 Å². The molecule has 0 saturated heterocycles. The van der Waals surface area contributed by atoms with Crippen LogP contribution in [0, 0.1) is 0 Å². The minimum atomic E-state index is 0.0776. The Labute approximate surface area is 185 Å². The van der Waals surface area contributed by atoms with E-state index in [-0.39, 0.29) is 5.91 Å². The maximum Gasteiger partial charge on any atom is 0.224 e. The molecule has 0 fully saturated rings. The van der Waals surface area contributed by atoms with Crippen LogP contribution in [0.2, 0.25) is 0 Å². The van der Waals surface area contributed by atoms with E-state index in [4.69, 9.17) is 9.47 Å². The van der Waals surface area contributed by atoms with Crippen LogP contribution in [0.1, 0.15) is 24.5 Å². The molecule has 2 aromatic rings. The summed E-state index contributed by atoms with van der Waals surface area (Å²) in [5.74, 6) is 2.23. The number of hydrogen-bond donors (Lipinski definition) is 2. The monoisotopic (exact) mass is 426 g/mol. The van der Waals surface area contributed by atoms with Crippen LogP contribution in [0.25, 0.3) is 0 Å². The highest BCUT2D eigenvalue weighted by molar-refractivity contribution is 5.80. The van der Waals surface area contributed by atoms with E-state index in [0.717, 1.165) is 35.6 Å². The van der Waals surface area contributed by atoms with Gasteiger partial charge in [-0.05, 0) is 36.6 Å². The first-order valence-corrected chi connectivity index (χ1v) is 10.6. The second-order valence-corrected chi connectivity index (χ2v) is 7.11. The van der Waals surface area contributed by atoms with Gasteiger partial charge in [-0.2, -0.15) is 0 Å². The summed E-state index contributed by atoms with van der Waals surface area (Å²) >= 11 is 0. The maximum atomic E-state index is 12.4. The molecule has 2 aromatic carbocycles. The molecular formula is C24H34N4O3. The molecule has 0 aliphatic carbocycles. The lowest BCUT2D eigenvalue weighted by Crippen LogP contribution is -2.38. The van der Waals surface area contributed by atoms with E-state index < -0.39 is 0 Å². The number of hydrogen-bond acceptors (Lipinski definition) is 4. The van der Waals surface area contributed by atoms with E-state index >= 15 is 0 Å². The van der Waals surface area contributed by atoms with E-state index in [1.165, 1.54) is 0 Å². The zero-order valence-electron chi connectivity index (χ0n) is 19.0. The lowest BCUT2D eigenvalue weighted by Gasteiger charge is -2.17. The predicted molar refractivity (Wildman–Crippen MR) is 125 cm³/mol. The van der Waals surface area contributed by atoms with Gasteiger partial charge in [0, 0.05) is 33.1 Å². The average molecular weight is 427 g/mol. The van der Waals surface area contributed by atoms with E-state index in [0.29, 0.717) is 32.0 Å². The van der Waals surface area contributed by atoms with Gasteiger partial charge in [-0.3, -0.25) is 9.79 Å². The molecule has 0 bridgehead atoms. The van der Waals surface area contributed by atoms with Crippen molar-refractivity contribution in [1.29, 1.82) is 0 Å². The van der Waals surface area contributed by atoms with Crippen LogP contribution in [0.3, 0.4) is 0 Å². The van der Waals surface area contributed by atoms with Crippen LogP contribution in [0.5, 0.6) is 11.5 Å². The molecule has 2 rings (SSSR count). The number of nitrogens with one attached hydrogen (secondary N) is 2. The molecule has 168 valence electrons. The van der Waals surface area contributed by atoms with Crippen molar-refractivity contribution in [2.45, 2.75) is 26.3 Å². The first-order valence-electron chi connectivity index (χ1n) is 10.6. The van der Waals surface area contributed by atoms with Crippen molar-refractivity contribution in [3.63, 3.8) is 0 Å². The Bertz CT molecular complexity index is 840. The Morgan fingerprint density at radius 1 is 1.00 bits per heavy atom. The molecule has 0 radical (unpaired) electrons. The zero-order valence-corrected chi connectivity index (χ0v) is 19.0. The SMILES string of the molecule is CCNC(=NCCC(=O)N(C)Cc1ccccc1)NCCc1ccc(OC)c(OC)c1. The van der Waals surface area contributed by atoms with Crippen LogP contribution in [-0.4, -0.2) is 57.7 Å². The molecule has 31 heavy (non-hydrogen) atoms. The Balaban J connectivity index is 1.81. The molecule has 0 aliphatic rings. The van der Waals surface area contributed by atoms with Gasteiger partial charge in [0.1, 0.15) is 0 Å². The Morgan fingerprint density at radius 3 is 2.42 bits per heavy atom. The molecule has 0 aliphatic heterocycles. The number of carbonyl (C=O) groups is 1. The average Bonchev–Trinajstić information content (AvgIpc) is 2.79. The van der Waals surface area contributed by atoms with Gasteiger partial charge in [-0.25, -0.2) is 0 Å². The van der Waals surface area contributed by atoms with E-state index in [9.17, 15) is 4.79 Å². The van der Waals surface area contributed by atoms with Crippen LogP contribution < -0.4 is 20.1 Å². The molecule has 7 nitrogen and oxygen atoms in total. The van der Waals surface area contributed by atoms with Gasteiger partial charge in [-0.15, -0.1) is 0 Å². The second-order valence-electron chi connectivity index (χ2n) is 7.11. The summed E-state index contributed by atoms with van der Waals surface area (Å²) in [5, 5.41) is 6.54. The Hall–Kier alpha value is -3.22. The van der Waals surface area contributed by atoms with Gasteiger partial charge < -0.3 is 25.0 Å². The van der Waals surface area contributed by atoms with Crippen LogP contribution in [-0.2, 0) is 17.8 Å². The first kappa shape index (κ1) is 24.1. The highest BCUT2D eigenvalue weighted by Gasteiger charge is 2.09. The molecule has 0 unspecified atom stereocenters. The van der Waals surface area contributed by atoms with Crippen molar-refractivity contribution in [3.05, 3.63) is 59.7 Å². The molecule has 1 amide bonds. The predicted octanol–water partition coefficient (Wildman–Crippen LogP) is 2.85. The van der Waals surface area contributed by atoms with E-state index in [1.54, 1.807) is 19.1 Å². The fraction of sp³-hybridized carbons (Fsp3) is 0.417. The van der Waals surface area contributed by atoms with Gasteiger partial charge in [0.25, 0.3) is 0 Å². The van der Waals surface area contributed by atoms with Gasteiger partial charge >= 0.3 is 0 Å². The number of carbonyl (C=O) groups excluding carboxylic acids is 1. The lowest BCUT2D eigenvalue weighted by atomic mass is 10.1. The molecule has 0 aromatic heterocycles. The quantitative estimate of drug-likeness (QED) is 0.427. The number of methoxy groups -OCH3 is 2. The summed E-state index contributed by atoms with van der Waals surface area (Å²) in [7, 11) is 5.09. The largest absolute Gasteiger partial charge is 0.493 e. The van der Waals surface area contributed by atoms with Crippen molar-refractivity contribution in [1.82, 2.24) is 15.5 Å². The third kappa shape index (κ3) is 8.20. The number of rotatable bonds is 11. The van der Waals surface area contributed by atoms with Crippen LogP contribution in [0.15, 0.2) is 53.5 Å². The Morgan fingerprint density at radius 2 is 1.74 bits per heavy atom. The molecule has 0 heterocycles. The van der Waals surface area contributed by atoms with Crippen molar-refractivity contribution in [2.75, 3.05) is 40.9 Å². The summed E-state index contributed by atoms with van der Waals surface area (Å²) in [6.07, 6.45) is 1.18. The number of benzene rings is 2. The fourth-order valence-corrected chi connectivity index (χ4v) is 3.10. The molecule has 7 heteroatoms. The summed E-state index contributed by atoms with van der Waals surface area (Å²) in [4.78, 5) is 18.7.